The second kappa shape index (κ2) is 7.21. The zero-order valence-electron chi connectivity index (χ0n) is 9.02. The van der Waals surface area contributed by atoms with Crippen LogP contribution in [0, 0.1) is 5.92 Å². The van der Waals surface area contributed by atoms with Crippen LogP contribution in [-0.2, 0) is 14.4 Å². The molecule has 1 amide bonds. The van der Waals surface area contributed by atoms with Crippen molar-refractivity contribution < 1.29 is 28.3 Å². The molecule has 5 nitrogen and oxygen atoms in total. The number of aliphatic carboxylic acids is 1. The number of ketones is 1. The highest BCUT2D eigenvalue weighted by molar-refractivity contribution is 7.81. The quantitative estimate of drug-likeness (QED) is 0.582. The lowest BCUT2D eigenvalue weighted by molar-refractivity contribution is -0.141. The van der Waals surface area contributed by atoms with E-state index in [1.165, 1.54) is 6.92 Å². The van der Waals surface area contributed by atoms with Gasteiger partial charge < -0.3 is 10.4 Å². The van der Waals surface area contributed by atoms with E-state index in [9.17, 15) is 23.2 Å². The standard InChI is InChI=1S/C9H13F2NO4S/c1-4(9(15)16)12-7(14)2-5(8(10)11)6(13)3-17/h4-5,8,17H,2-3H2,1H3,(H,12,14)(H,15,16)/t4-,5?/m0/s1. The average Bonchev–Trinajstić information content (AvgIpc) is 2.24. The molecule has 2 N–H and O–H groups in total. The predicted octanol–water partition coefficient (Wildman–Crippen LogP) is 0.346. The number of alkyl halides is 2. The van der Waals surface area contributed by atoms with Crippen molar-refractivity contribution in [2.75, 3.05) is 5.75 Å². The maximum atomic E-state index is 12.4. The van der Waals surface area contributed by atoms with Crippen molar-refractivity contribution in [3.63, 3.8) is 0 Å². The van der Waals surface area contributed by atoms with Gasteiger partial charge in [-0.15, -0.1) is 0 Å². The Hall–Kier alpha value is -1.18. The van der Waals surface area contributed by atoms with Crippen molar-refractivity contribution in [3.8, 4) is 0 Å². The first-order valence-corrected chi connectivity index (χ1v) is 5.36. The van der Waals surface area contributed by atoms with Crippen molar-refractivity contribution in [2.24, 2.45) is 5.92 Å². The second-order valence-corrected chi connectivity index (χ2v) is 3.71. The van der Waals surface area contributed by atoms with Gasteiger partial charge in [-0.2, -0.15) is 12.6 Å². The summed E-state index contributed by atoms with van der Waals surface area (Å²) in [5.41, 5.74) is 0. The van der Waals surface area contributed by atoms with Gasteiger partial charge in [0, 0.05) is 12.2 Å². The molecule has 0 fully saturated rings. The van der Waals surface area contributed by atoms with Crippen LogP contribution in [0.15, 0.2) is 0 Å². The molecule has 98 valence electrons. The lowest BCUT2D eigenvalue weighted by atomic mass is 10.0. The summed E-state index contributed by atoms with van der Waals surface area (Å²) in [5, 5.41) is 10.5. The SMILES string of the molecule is C[C@H](NC(=O)CC(C(=O)CS)C(F)F)C(=O)O. The van der Waals surface area contributed by atoms with Crippen LogP contribution in [0.5, 0.6) is 0 Å². The molecule has 0 aliphatic heterocycles. The molecule has 0 heterocycles. The van der Waals surface area contributed by atoms with Crippen LogP contribution in [0.1, 0.15) is 13.3 Å². The molecule has 0 aromatic carbocycles. The summed E-state index contributed by atoms with van der Waals surface area (Å²) >= 11 is 3.57. The first-order chi connectivity index (χ1) is 7.79. The summed E-state index contributed by atoms with van der Waals surface area (Å²) < 4.78 is 24.9. The van der Waals surface area contributed by atoms with Crippen molar-refractivity contribution >= 4 is 30.3 Å². The van der Waals surface area contributed by atoms with E-state index in [1.807, 2.05) is 5.32 Å². The highest BCUT2D eigenvalue weighted by Crippen LogP contribution is 2.16. The number of nitrogens with one attached hydrogen (secondary N) is 1. The summed E-state index contributed by atoms with van der Waals surface area (Å²) in [5.74, 6) is -5.17. The third kappa shape index (κ3) is 5.62. The average molecular weight is 269 g/mol. The zero-order chi connectivity index (χ0) is 13.6. The van der Waals surface area contributed by atoms with Gasteiger partial charge in [0.15, 0.2) is 5.78 Å². The lowest BCUT2D eigenvalue weighted by Gasteiger charge is -2.15. The molecule has 8 heteroatoms. The molecular weight excluding hydrogens is 256 g/mol. The maximum Gasteiger partial charge on any atom is 0.325 e. The number of amides is 1. The van der Waals surface area contributed by atoms with Crippen molar-refractivity contribution in [1.82, 2.24) is 5.32 Å². The number of hydrogen-bond acceptors (Lipinski definition) is 4. The Bertz CT molecular complexity index is 311. The first kappa shape index (κ1) is 15.8. The highest BCUT2D eigenvalue weighted by Gasteiger charge is 2.30. The lowest BCUT2D eigenvalue weighted by Crippen LogP contribution is -2.40. The molecule has 0 aliphatic carbocycles. The molecule has 0 aromatic heterocycles. The number of Topliss-reactive ketones (excluding diaryl/α,β-unsaturated/α-hetero) is 1. The van der Waals surface area contributed by atoms with E-state index < -0.39 is 48.2 Å². The minimum absolute atomic E-state index is 0.392. The number of carboxylic acids is 1. The molecule has 1 unspecified atom stereocenters. The smallest absolute Gasteiger partial charge is 0.325 e. The Morgan fingerprint density at radius 1 is 1.35 bits per heavy atom. The van der Waals surface area contributed by atoms with Crippen LogP contribution >= 0.6 is 12.6 Å². The third-order valence-electron chi connectivity index (χ3n) is 2.03. The van der Waals surface area contributed by atoms with E-state index in [0.29, 0.717) is 0 Å². The molecule has 0 saturated carbocycles. The number of carbonyl (C=O) groups excluding carboxylic acids is 2. The van der Waals surface area contributed by atoms with Crippen LogP contribution in [-0.4, -0.2) is 41.0 Å². The van der Waals surface area contributed by atoms with Crippen LogP contribution in [0.2, 0.25) is 0 Å². The molecule has 17 heavy (non-hydrogen) atoms. The summed E-state index contributed by atoms with van der Waals surface area (Å²) in [4.78, 5) is 32.7. The van der Waals surface area contributed by atoms with Gasteiger partial charge in [-0.1, -0.05) is 0 Å². The van der Waals surface area contributed by atoms with Gasteiger partial charge in [-0.05, 0) is 6.92 Å². The molecular formula is C9H13F2NO4S. The van der Waals surface area contributed by atoms with Crippen molar-refractivity contribution in [1.29, 1.82) is 0 Å². The van der Waals surface area contributed by atoms with E-state index in [0.717, 1.165) is 0 Å². The van der Waals surface area contributed by atoms with Gasteiger partial charge >= 0.3 is 5.97 Å². The highest BCUT2D eigenvalue weighted by atomic mass is 32.1. The molecule has 0 aromatic rings. The molecule has 0 radical (unpaired) electrons. The van der Waals surface area contributed by atoms with Gasteiger partial charge in [0.05, 0.1) is 5.92 Å². The predicted molar refractivity (Wildman–Crippen MR) is 58.2 cm³/mol. The van der Waals surface area contributed by atoms with Crippen LogP contribution < -0.4 is 5.32 Å². The normalized spacial score (nSPS) is 14.2. The van der Waals surface area contributed by atoms with Crippen molar-refractivity contribution in [2.45, 2.75) is 25.8 Å². The number of halogens is 2. The number of hydrogen-bond donors (Lipinski definition) is 3. The fourth-order valence-corrected chi connectivity index (χ4v) is 1.26. The monoisotopic (exact) mass is 269 g/mol. The van der Waals surface area contributed by atoms with Gasteiger partial charge in [-0.25, -0.2) is 8.78 Å². The summed E-state index contributed by atoms with van der Waals surface area (Å²) in [6.07, 6.45) is -3.71. The minimum atomic E-state index is -2.97. The largest absolute Gasteiger partial charge is 0.480 e. The third-order valence-corrected chi connectivity index (χ3v) is 2.34. The van der Waals surface area contributed by atoms with Gasteiger partial charge in [-0.3, -0.25) is 14.4 Å². The number of rotatable bonds is 7. The van der Waals surface area contributed by atoms with E-state index in [1.54, 1.807) is 0 Å². The van der Waals surface area contributed by atoms with Crippen LogP contribution in [0.4, 0.5) is 8.78 Å². The molecule has 0 rings (SSSR count). The van der Waals surface area contributed by atoms with Gasteiger partial charge in [0.1, 0.15) is 6.04 Å². The molecule has 0 saturated heterocycles. The fraction of sp³-hybridized carbons (Fsp3) is 0.667. The molecule has 0 bridgehead atoms. The van der Waals surface area contributed by atoms with Crippen LogP contribution in [0.25, 0.3) is 0 Å². The van der Waals surface area contributed by atoms with E-state index in [4.69, 9.17) is 5.11 Å². The summed E-state index contributed by atoms with van der Waals surface area (Å²) in [6.45, 7) is 1.19. The Morgan fingerprint density at radius 2 is 1.88 bits per heavy atom. The minimum Gasteiger partial charge on any atom is -0.480 e. The topological polar surface area (TPSA) is 83.5 Å². The summed E-state index contributed by atoms with van der Waals surface area (Å²) in [6, 6.07) is -1.19. The number of carbonyl (C=O) groups is 3. The zero-order valence-corrected chi connectivity index (χ0v) is 9.92. The first-order valence-electron chi connectivity index (χ1n) is 4.73. The maximum absolute atomic E-state index is 12.4. The molecule has 2 atom stereocenters. The van der Waals surface area contributed by atoms with Crippen molar-refractivity contribution in [3.05, 3.63) is 0 Å². The second-order valence-electron chi connectivity index (χ2n) is 3.40. The number of thiol groups is 1. The Kier molecular flexibility index (Phi) is 6.71. The van der Waals surface area contributed by atoms with Crippen LogP contribution in [0.3, 0.4) is 0 Å². The van der Waals surface area contributed by atoms with E-state index in [-0.39, 0.29) is 0 Å². The van der Waals surface area contributed by atoms with E-state index >= 15 is 0 Å². The Morgan fingerprint density at radius 3 is 2.24 bits per heavy atom. The van der Waals surface area contributed by atoms with Gasteiger partial charge in [0.25, 0.3) is 0 Å². The Labute approximate surface area is 102 Å². The molecule has 0 spiro atoms. The molecule has 0 aliphatic rings. The fourth-order valence-electron chi connectivity index (χ4n) is 1.02. The number of carboxylic acid groups (broad SMARTS) is 1. The van der Waals surface area contributed by atoms with E-state index in [2.05, 4.69) is 12.6 Å². The Balaban J connectivity index is 4.42. The van der Waals surface area contributed by atoms with Gasteiger partial charge in [0.2, 0.25) is 12.3 Å². The summed E-state index contributed by atoms with van der Waals surface area (Å²) in [7, 11) is 0.